The van der Waals surface area contributed by atoms with Crippen molar-refractivity contribution >= 4 is 27.5 Å². The third-order valence-electron chi connectivity index (χ3n) is 6.89. The van der Waals surface area contributed by atoms with Crippen LogP contribution >= 0.6 is 11.3 Å². The summed E-state index contributed by atoms with van der Waals surface area (Å²) in [6.45, 7) is 5.56. The molecule has 0 bridgehead atoms. The first-order valence-corrected chi connectivity index (χ1v) is 12.3. The third-order valence-corrected chi connectivity index (χ3v) is 7.80. The summed E-state index contributed by atoms with van der Waals surface area (Å²) in [7, 11) is 0. The van der Waals surface area contributed by atoms with Gasteiger partial charge in [-0.1, -0.05) is 35.6 Å². The second kappa shape index (κ2) is 8.46. The van der Waals surface area contributed by atoms with E-state index in [4.69, 9.17) is 9.47 Å². The standard InChI is InChI=1S/C25H27N3O3S/c29-24(22-5-3-11-30-22)28-15-18-13-27(14-19(18)16-28)12-17-7-9-20(10-8-17)31-25-26-21-4-1-2-6-23(21)32-25/h1-2,4,6-10,18-19,22H,3,5,11-16H2/t18-,19?,22?/m1/s1. The molecule has 2 unspecified atom stereocenters. The van der Waals surface area contributed by atoms with Crippen molar-refractivity contribution in [1.82, 2.24) is 14.8 Å². The van der Waals surface area contributed by atoms with Crippen LogP contribution in [0.5, 0.6) is 10.9 Å². The number of amides is 1. The SMILES string of the molecule is O=C(C1CCCO1)N1CC2CN(Cc3ccc(Oc4nc5ccccc5s4)cc3)C[C@@H]2C1. The van der Waals surface area contributed by atoms with Crippen molar-refractivity contribution in [2.75, 3.05) is 32.8 Å². The number of ether oxygens (including phenoxy) is 2. The molecular weight excluding hydrogens is 422 g/mol. The number of benzene rings is 2. The highest BCUT2D eigenvalue weighted by atomic mass is 32.1. The maximum absolute atomic E-state index is 12.6. The second-order valence-electron chi connectivity index (χ2n) is 9.15. The highest BCUT2D eigenvalue weighted by Gasteiger charge is 2.43. The van der Waals surface area contributed by atoms with Gasteiger partial charge in [-0.25, -0.2) is 4.98 Å². The van der Waals surface area contributed by atoms with Crippen molar-refractivity contribution in [2.24, 2.45) is 11.8 Å². The smallest absolute Gasteiger partial charge is 0.279 e. The fourth-order valence-corrected chi connectivity index (χ4v) is 6.13. The van der Waals surface area contributed by atoms with Gasteiger partial charge in [-0.3, -0.25) is 9.69 Å². The van der Waals surface area contributed by atoms with Gasteiger partial charge in [0.2, 0.25) is 0 Å². The third kappa shape index (κ3) is 4.00. The zero-order valence-corrected chi connectivity index (χ0v) is 18.8. The number of rotatable bonds is 5. The highest BCUT2D eigenvalue weighted by Crippen LogP contribution is 2.34. The van der Waals surface area contributed by atoms with Gasteiger partial charge in [-0.05, 0) is 54.5 Å². The summed E-state index contributed by atoms with van der Waals surface area (Å²) in [5, 5.41) is 0.674. The number of likely N-dealkylation sites (tertiary alicyclic amines) is 2. The molecule has 166 valence electrons. The van der Waals surface area contributed by atoms with E-state index in [0.29, 0.717) is 17.0 Å². The van der Waals surface area contributed by atoms with E-state index in [-0.39, 0.29) is 12.0 Å². The van der Waals surface area contributed by atoms with E-state index in [1.54, 1.807) is 11.3 Å². The molecule has 0 spiro atoms. The van der Waals surface area contributed by atoms with Crippen LogP contribution in [0.3, 0.4) is 0 Å². The minimum absolute atomic E-state index is 0.187. The van der Waals surface area contributed by atoms with Gasteiger partial charge < -0.3 is 14.4 Å². The van der Waals surface area contributed by atoms with Gasteiger partial charge in [-0.2, -0.15) is 0 Å². The Morgan fingerprint density at radius 1 is 1.06 bits per heavy atom. The fraction of sp³-hybridized carbons (Fsp3) is 0.440. The molecule has 7 heteroatoms. The van der Waals surface area contributed by atoms with Gasteiger partial charge in [0.05, 0.1) is 10.2 Å². The quantitative estimate of drug-likeness (QED) is 0.586. The zero-order chi connectivity index (χ0) is 21.5. The Balaban J connectivity index is 1.02. The molecule has 3 aliphatic heterocycles. The molecule has 3 aliphatic rings. The van der Waals surface area contributed by atoms with Crippen LogP contribution in [0.2, 0.25) is 0 Å². The average molecular weight is 450 g/mol. The van der Waals surface area contributed by atoms with Gasteiger partial charge in [0.15, 0.2) is 0 Å². The second-order valence-corrected chi connectivity index (χ2v) is 10.1. The summed E-state index contributed by atoms with van der Waals surface area (Å²) < 4.78 is 12.7. The maximum Gasteiger partial charge on any atom is 0.279 e. The van der Waals surface area contributed by atoms with Crippen molar-refractivity contribution in [3.8, 4) is 10.9 Å². The predicted molar refractivity (Wildman–Crippen MR) is 124 cm³/mol. The Morgan fingerprint density at radius 3 is 2.56 bits per heavy atom. The number of hydrogen-bond acceptors (Lipinski definition) is 6. The number of aromatic nitrogens is 1. The van der Waals surface area contributed by atoms with Gasteiger partial charge in [0, 0.05) is 39.3 Å². The molecule has 3 fully saturated rings. The summed E-state index contributed by atoms with van der Waals surface area (Å²) in [5.74, 6) is 2.20. The van der Waals surface area contributed by atoms with E-state index in [0.717, 1.165) is 68.1 Å². The summed E-state index contributed by atoms with van der Waals surface area (Å²) in [5.41, 5.74) is 2.26. The predicted octanol–water partition coefficient (Wildman–Crippen LogP) is 4.16. The van der Waals surface area contributed by atoms with E-state index >= 15 is 0 Å². The molecule has 0 N–H and O–H groups in total. The number of thiazole rings is 1. The van der Waals surface area contributed by atoms with Crippen molar-refractivity contribution in [2.45, 2.75) is 25.5 Å². The molecular formula is C25H27N3O3S. The molecule has 0 radical (unpaired) electrons. The fourth-order valence-electron chi connectivity index (χ4n) is 5.29. The molecule has 3 aromatic rings. The molecule has 3 saturated heterocycles. The van der Waals surface area contributed by atoms with Gasteiger partial charge in [-0.15, -0.1) is 0 Å². The summed E-state index contributed by atoms with van der Waals surface area (Å²) in [6.07, 6.45) is 1.71. The van der Waals surface area contributed by atoms with E-state index in [2.05, 4.69) is 33.0 Å². The Labute approximate surface area is 191 Å². The average Bonchev–Trinajstić information content (AvgIpc) is 3.58. The van der Waals surface area contributed by atoms with E-state index in [9.17, 15) is 4.79 Å². The van der Waals surface area contributed by atoms with Crippen LogP contribution < -0.4 is 4.74 Å². The Morgan fingerprint density at radius 2 is 1.84 bits per heavy atom. The summed E-state index contributed by atoms with van der Waals surface area (Å²) in [6, 6.07) is 16.4. The highest BCUT2D eigenvalue weighted by molar-refractivity contribution is 7.20. The van der Waals surface area contributed by atoms with Crippen molar-refractivity contribution in [3.63, 3.8) is 0 Å². The van der Waals surface area contributed by atoms with Crippen LogP contribution in [0.1, 0.15) is 18.4 Å². The largest absolute Gasteiger partial charge is 0.431 e. The first kappa shape index (κ1) is 20.1. The molecule has 3 atom stereocenters. The van der Waals surface area contributed by atoms with Crippen LogP contribution in [0.15, 0.2) is 48.5 Å². The Kier molecular flexibility index (Phi) is 5.33. The van der Waals surface area contributed by atoms with E-state index in [1.165, 1.54) is 5.56 Å². The monoisotopic (exact) mass is 449 g/mol. The van der Waals surface area contributed by atoms with E-state index < -0.39 is 0 Å². The van der Waals surface area contributed by atoms with Crippen LogP contribution in [0.4, 0.5) is 0 Å². The van der Waals surface area contributed by atoms with Crippen molar-refractivity contribution in [3.05, 3.63) is 54.1 Å². The summed E-state index contributed by atoms with van der Waals surface area (Å²) >= 11 is 1.56. The molecule has 1 aromatic heterocycles. The lowest BCUT2D eigenvalue weighted by Gasteiger charge is -2.23. The first-order valence-electron chi connectivity index (χ1n) is 11.5. The molecule has 0 aliphatic carbocycles. The van der Waals surface area contributed by atoms with Crippen LogP contribution in [-0.2, 0) is 16.1 Å². The molecule has 2 aromatic carbocycles. The van der Waals surface area contributed by atoms with Gasteiger partial charge >= 0.3 is 0 Å². The number of hydrogen-bond donors (Lipinski definition) is 0. The van der Waals surface area contributed by atoms with Crippen LogP contribution in [-0.4, -0.2) is 59.6 Å². The Bertz CT molecular complexity index is 1060. The Hall–Kier alpha value is -2.48. The number of carbonyl (C=O) groups is 1. The number of carbonyl (C=O) groups excluding carboxylic acids is 1. The normalized spacial score (nSPS) is 25.5. The molecule has 6 rings (SSSR count). The van der Waals surface area contributed by atoms with E-state index in [1.807, 2.05) is 30.3 Å². The maximum atomic E-state index is 12.6. The first-order chi connectivity index (χ1) is 15.7. The summed E-state index contributed by atoms with van der Waals surface area (Å²) in [4.78, 5) is 21.8. The molecule has 1 amide bonds. The lowest BCUT2D eigenvalue weighted by Crippen LogP contribution is -2.39. The lowest BCUT2D eigenvalue weighted by atomic mass is 10.0. The number of fused-ring (bicyclic) bond motifs is 2. The minimum Gasteiger partial charge on any atom is -0.431 e. The lowest BCUT2D eigenvalue weighted by molar-refractivity contribution is -0.140. The number of nitrogens with zero attached hydrogens (tertiary/aromatic N) is 3. The van der Waals surface area contributed by atoms with Crippen LogP contribution in [0, 0.1) is 11.8 Å². The van der Waals surface area contributed by atoms with Gasteiger partial charge in [0.1, 0.15) is 11.9 Å². The number of para-hydroxylation sites is 1. The van der Waals surface area contributed by atoms with Crippen molar-refractivity contribution in [1.29, 1.82) is 0 Å². The minimum atomic E-state index is -0.187. The van der Waals surface area contributed by atoms with Gasteiger partial charge in [0.25, 0.3) is 11.1 Å². The molecule has 0 saturated carbocycles. The molecule has 6 nitrogen and oxygen atoms in total. The van der Waals surface area contributed by atoms with Crippen molar-refractivity contribution < 1.29 is 14.3 Å². The molecule has 4 heterocycles. The molecule has 32 heavy (non-hydrogen) atoms. The van der Waals surface area contributed by atoms with Crippen LogP contribution in [0.25, 0.3) is 10.2 Å². The topological polar surface area (TPSA) is 54.9 Å². The zero-order valence-electron chi connectivity index (χ0n) is 18.0.